The minimum atomic E-state index is -2.19. The minimum Gasteiger partial charge on any atom is -0.374 e. The molecule has 0 fully saturated rings. The van der Waals surface area contributed by atoms with E-state index in [1.54, 1.807) is 24.7 Å². The van der Waals surface area contributed by atoms with Gasteiger partial charge in [0, 0.05) is 41.1 Å². The summed E-state index contributed by atoms with van der Waals surface area (Å²) >= 11 is 6.36. The standard InChI is InChI=1S/C30H29ClN2O3/c1-5-19(2)16-20(3)6-9-24-17-25-26(28(34)30(4,36)29(35)27(25)31)18-33(24)23-10-7-21(8-11-23)22-12-14-32-15-13-22/h6-19,36H,5H2,1-4H3/b9-6+,20-16+/t19-,30+/m0/s1. The molecular formula is C30H29ClN2O3. The van der Waals surface area contributed by atoms with Gasteiger partial charge < -0.3 is 10.0 Å². The maximum atomic E-state index is 13.1. The van der Waals surface area contributed by atoms with Crippen LogP contribution >= 0.6 is 11.6 Å². The van der Waals surface area contributed by atoms with E-state index in [-0.39, 0.29) is 10.6 Å². The third-order valence-corrected chi connectivity index (χ3v) is 6.93. The van der Waals surface area contributed by atoms with Gasteiger partial charge in [0.05, 0.1) is 5.03 Å². The Morgan fingerprint density at radius 3 is 2.39 bits per heavy atom. The molecule has 0 unspecified atom stereocenters. The van der Waals surface area contributed by atoms with Gasteiger partial charge in [-0.25, -0.2) is 0 Å². The lowest BCUT2D eigenvalue weighted by molar-refractivity contribution is -0.144. The molecule has 1 aromatic heterocycles. The van der Waals surface area contributed by atoms with Gasteiger partial charge in [-0.1, -0.05) is 61.7 Å². The van der Waals surface area contributed by atoms with Gasteiger partial charge in [-0.2, -0.15) is 0 Å². The first-order valence-electron chi connectivity index (χ1n) is 11.9. The fourth-order valence-corrected chi connectivity index (χ4v) is 4.52. The first kappa shape index (κ1) is 25.5. The number of anilines is 1. The molecule has 0 amide bonds. The van der Waals surface area contributed by atoms with Crippen LogP contribution in [0.15, 0.2) is 107 Å². The first-order valence-corrected chi connectivity index (χ1v) is 12.3. The molecule has 1 aromatic carbocycles. The molecule has 0 radical (unpaired) electrons. The van der Waals surface area contributed by atoms with Crippen LogP contribution in [0, 0.1) is 5.92 Å². The highest BCUT2D eigenvalue weighted by molar-refractivity contribution is 6.49. The molecule has 1 N–H and O–H groups in total. The van der Waals surface area contributed by atoms with E-state index in [2.05, 4.69) is 24.9 Å². The van der Waals surface area contributed by atoms with Crippen molar-refractivity contribution in [2.45, 2.75) is 39.7 Å². The van der Waals surface area contributed by atoms with Crippen molar-refractivity contribution in [1.29, 1.82) is 0 Å². The van der Waals surface area contributed by atoms with Gasteiger partial charge in [-0.3, -0.25) is 14.6 Å². The highest BCUT2D eigenvalue weighted by Gasteiger charge is 2.48. The topological polar surface area (TPSA) is 70.5 Å². The third kappa shape index (κ3) is 4.90. The smallest absolute Gasteiger partial charge is 0.214 e. The number of carbonyl (C=O) groups is 2. The number of Topliss-reactive ketones (excluding diaryl/α,β-unsaturated/α-hetero) is 2. The second-order valence-corrected chi connectivity index (χ2v) is 9.73. The molecule has 0 saturated heterocycles. The summed E-state index contributed by atoms with van der Waals surface area (Å²) in [6, 6.07) is 11.8. The summed E-state index contributed by atoms with van der Waals surface area (Å²) < 4.78 is 0. The molecule has 4 rings (SSSR count). The molecule has 2 atom stereocenters. The van der Waals surface area contributed by atoms with Gasteiger partial charge in [-0.15, -0.1) is 0 Å². The Hall–Kier alpha value is -3.54. The van der Waals surface area contributed by atoms with E-state index in [1.165, 1.54) is 6.92 Å². The Kier molecular flexibility index (Phi) is 7.25. The molecule has 0 saturated carbocycles. The quantitative estimate of drug-likeness (QED) is 0.373. The summed E-state index contributed by atoms with van der Waals surface area (Å²) in [7, 11) is 0. The monoisotopic (exact) mass is 500 g/mol. The Morgan fingerprint density at radius 1 is 1.11 bits per heavy atom. The Labute approximate surface area is 216 Å². The number of benzene rings is 1. The van der Waals surface area contributed by atoms with Gasteiger partial charge in [0.25, 0.3) is 0 Å². The number of aromatic nitrogens is 1. The summed E-state index contributed by atoms with van der Waals surface area (Å²) in [6.45, 7) is 7.54. The lowest BCUT2D eigenvalue weighted by atomic mass is 9.79. The predicted molar refractivity (Wildman–Crippen MR) is 144 cm³/mol. The molecule has 2 aromatic rings. The Morgan fingerprint density at radius 2 is 1.75 bits per heavy atom. The minimum absolute atomic E-state index is 0.142. The summed E-state index contributed by atoms with van der Waals surface area (Å²) in [5.41, 5.74) is 3.07. The zero-order valence-corrected chi connectivity index (χ0v) is 21.6. The van der Waals surface area contributed by atoms with Crippen molar-refractivity contribution in [2.75, 3.05) is 4.90 Å². The van der Waals surface area contributed by atoms with Gasteiger partial charge in [0.15, 0.2) is 5.60 Å². The largest absolute Gasteiger partial charge is 0.374 e. The molecule has 1 aliphatic heterocycles. The molecule has 0 spiro atoms. The number of pyridine rings is 1. The second kappa shape index (κ2) is 10.2. The number of nitrogens with zero attached hydrogens (tertiary/aromatic N) is 2. The highest BCUT2D eigenvalue weighted by Crippen LogP contribution is 2.39. The van der Waals surface area contributed by atoms with Crippen molar-refractivity contribution in [3.8, 4) is 11.1 Å². The third-order valence-electron chi connectivity index (χ3n) is 6.55. The number of aliphatic hydroxyl groups is 1. The molecule has 184 valence electrons. The first-order chi connectivity index (χ1) is 17.1. The summed E-state index contributed by atoms with van der Waals surface area (Å²) in [5.74, 6) is -1.01. The molecule has 6 heteroatoms. The molecule has 0 bridgehead atoms. The van der Waals surface area contributed by atoms with Crippen LogP contribution in [0.1, 0.15) is 34.1 Å². The van der Waals surface area contributed by atoms with E-state index in [4.69, 9.17) is 11.6 Å². The van der Waals surface area contributed by atoms with Gasteiger partial charge in [0.2, 0.25) is 11.6 Å². The second-order valence-electron chi connectivity index (χ2n) is 9.35. The van der Waals surface area contributed by atoms with Crippen molar-refractivity contribution in [1.82, 2.24) is 4.98 Å². The Bertz CT molecular complexity index is 1350. The normalized spacial score (nSPS) is 21.5. The maximum absolute atomic E-state index is 13.1. The van der Waals surface area contributed by atoms with Crippen LogP contribution in [0.5, 0.6) is 0 Å². The van der Waals surface area contributed by atoms with E-state index in [0.717, 1.165) is 34.5 Å². The van der Waals surface area contributed by atoms with Crippen molar-refractivity contribution >= 4 is 28.9 Å². The van der Waals surface area contributed by atoms with Crippen LogP contribution in [0.4, 0.5) is 5.69 Å². The molecule has 2 aliphatic rings. The van der Waals surface area contributed by atoms with Gasteiger partial charge >= 0.3 is 0 Å². The number of allylic oxidation sites excluding steroid dienone is 6. The fourth-order valence-electron chi connectivity index (χ4n) is 4.18. The van der Waals surface area contributed by atoms with Crippen molar-refractivity contribution in [3.63, 3.8) is 0 Å². The summed E-state index contributed by atoms with van der Waals surface area (Å²) in [6.07, 6.45) is 14.1. The lowest BCUT2D eigenvalue weighted by Gasteiger charge is -2.34. The van der Waals surface area contributed by atoms with Gasteiger partial charge in [-0.05, 0) is 67.3 Å². The van der Waals surface area contributed by atoms with Gasteiger partial charge in [0.1, 0.15) is 0 Å². The van der Waals surface area contributed by atoms with Crippen LogP contribution in [-0.2, 0) is 9.59 Å². The Balaban J connectivity index is 1.80. The zero-order valence-electron chi connectivity index (χ0n) is 20.8. The van der Waals surface area contributed by atoms with E-state index in [0.29, 0.717) is 11.5 Å². The van der Waals surface area contributed by atoms with E-state index in [1.807, 2.05) is 60.4 Å². The molecule has 36 heavy (non-hydrogen) atoms. The average molecular weight is 501 g/mol. The van der Waals surface area contributed by atoms with Crippen molar-refractivity contribution < 1.29 is 14.7 Å². The summed E-state index contributed by atoms with van der Waals surface area (Å²) in [4.78, 5) is 31.6. The highest BCUT2D eigenvalue weighted by atomic mass is 35.5. The fraction of sp³-hybridized carbons (Fsp3) is 0.233. The zero-order chi connectivity index (χ0) is 26.0. The number of carbonyl (C=O) groups excluding carboxylic acids is 2. The van der Waals surface area contributed by atoms with Crippen LogP contribution in [-0.4, -0.2) is 27.3 Å². The maximum Gasteiger partial charge on any atom is 0.214 e. The molecular weight excluding hydrogens is 472 g/mol. The van der Waals surface area contributed by atoms with Crippen LogP contribution in [0.3, 0.4) is 0 Å². The summed E-state index contributed by atoms with van der Waals surface area (Å²) in [5, 5.41) is 10.4. The number of rotatable bonds is 6. The van der Waals surface area contributed by atoms with Crippen molar-refractivity contribution in [3.05, 3.63) is 107 Å². The predicted octanol–water partition coefficient (Wildman–Crippen LogP) is 6.28. The number of ketones is 2. The van der Waals surface area contributed by atoms with Crippen molar-refractivity contribution in [2.24, 2.45) is 5.92 Å². The SMILES string of the molecule is CC[C@H](C)/C=C(C)/C=C/C1=CC2=C(Cl)C(=O)[C@](C)(O)C(=O)C2=CN1c1ccc(-c2ccncc2)cc1. The average Bonchev–Trinajstić information content (AvgIpc) is 2.90. The van der Waals surface area contributed by atoms with E-state index in [9.17, 15) is 14.7 Å². The van der Waals surface area contributed by atoms with E-state index < -0.39 is 17.2 Å². The van der Waals surface area contributed by atoms with Crippen LogP contribution < -0.4 is 4.90 Å². The molecule has 2 heterocycles. The molecule has 5 nitrogen and oxygen atoms in total. The number of halogens is 1. The molecule has 1 aliphatic carbocycles. The number of hydrogen-bond acceptors (Lipinski definition) is 5. The van der Waals surface area contributed by atoms with E-state index >= 15 is 0 Å². The number of hydrogen-bond donors (Lipinski definition) is 1. The van der Waals surface area contributed by atoms with Crippen LogP contribution in [0.25, 0.3) is 11.1 Å². The van der Waals surface area contributed by atoms with Crippen LogP contribution in [0.2, 0.25) is 0 Å². The number of fused-ring (bicyclic) bond motifs is 1. The lowest BCUT2D eigenvalue weighted by Crippen LogP contribution is -2.49.